The number of β-amino-alcohol motifs (C(OH)–C–C–N with tert-alkyl or cyclic N) is 1. The predicted molar refractivity (Wildman–Crippen MR) is 165 cm³/mol. The molecule has 0 radical (unpaired) electrons. The van der Waals surface area contributed by atoms with Crippen molar-refractivity contribution in [3.8, 4) is 11.1 Å². The molecule has 0 saturated carbocycles. The van der Waals surface area contributed by atoms with Gasteiger partial charge in [0.1, 0.15) is 0 Å². The van der Waals surface area contributed by atoms with Gasteiger partial charge in [-0.1, -0.05) is 67.6 Å². The molecule has 9 heteroatoms. The van der Waals surface area contributed by atoms with Gasteiger partial charge in [-0.25, -0.2) is 0 Å². The second kappa shape index (κ2) is 14.5. The number of carbonyl (C=O) groups is 2. The molecule has 44 heavy (non-hydrogen) atoms. The van der Waals surface area contributed by atoms with E-state index < -0.39 is 18.4 Å². The van der Waals surface area contributed by atoms with Crippen LogP contribution >= 0.6 is 0 Å². The molecular formula is C35H42N2O7. The van der Waals surface area contributed by atoms with Gasteiger partial charge in [0.25, 0.3) is 5.91 Å². The maximum Gasteiger partial charge on any atom is 0.303 e. The number of hydrogen-bond donors (Lipinski definition) is 3. The quantitative estimate of drug-likeness (QED) is 0.295. The fourth-order valence-corrected chi connectivity index (χ4v) is 5.92. The molecule has 6 unspecified atom stereocenters. The molecule has 0 spiro atoms. The van der Waals surface area contributed by atoms with Crippen LogP contribution < -0.4 is 5.32 Å². The van der Waals surface area contributed by atoms with Crippen LogP contribution in [0.15, 0.2) is 72.8 Å². The SMILES string of the molecule is CC(=O)OC(C)C(=O)NCc1cccc(-c2cccc(C3OC(CN4CCC(O)C4)C(C)C(c4ccc(CO)cc4)O3)c2)c1. The second-order valence-corrected chi connectivity index (χ2v) is 11.8. The third kappa shape index (κ3) is 7.91. The molecule has 2 fully saturated rings. The van der Waals surface area contributed by atoms with Crippen molar-refractivity contribution < 1.29 is 34.0 Å². The number of nitrogens with zero attached hydrogens (tertiary/aromatic N) is 1. The first-order valence-corrected chi connectivity index (χ1v) is 15.3. The number of rotatable bonds is 10. The smallest absolute Gasteiger partial charge is 0.303 e. The molecule has 2 aliphatic rings. The number of carbonyl (C=O) groups excluding carboxylic acids is 2. The molecule has 6 atom stereocenters. The summed E-state index contributed by atoms with van der Waals surface area (Å²) in [6.07, 6.45) is -1.34. The zero-order valence-electron chi connectivity index (χ0n) is 25.5. The van der Waals surface area contributed by atoms with Crippen molar-refractivity contribution >= 4 is 11.9 Å². The molecule has 0 bridgehead atoms. The van der Waals surface area contributed by atoms with E-state index in [-0.39, 0.29) is 36.7 Å². The average Bonchev–Trinajstić information content (AvgIpc) is 3.45. The number of amides is 1. The van der Waals surface area contributed by atoms with Crippen LogP contribution in [0.3, 0.4) is 0 Å². The molecule has 0 aromatic heterocycles. The highest BCUT2D eigenvalue weighted by Gasteiger charge is 2.40. The Balaban J connectivity index is 1.35. The molecular weight excluding hydrogens is 560 g/mol. The van der Waals surface area contributed by atoms with E-state index in [4.69, 9.17) is 14.2 Å². The molecule has 2 saturated heterocycles. The maximum atomic E-state index is 12.3. The number of ether oxygens (including phenoxy) is 3. The summed E-state index contributed by atoms with van der Waals surface area (Å²) in [7, 11) is 0. The monoisotopic (exact) mass is 602 g/mol. The molecule has 2 aliphatic heterocycles. The number of nitrogens with one attached hydrogen (secondary N) is 1. The van der Waals surface area contributed by atoms with E-state index in [1.54, 1.807) is 6.92 Å². The normalized spacial score (nSPS) is 24.5. The van der Waals surface area contributed by atoms with Crippen LogP contribution in [0.25, 0.3) is 11.1 Å². The van der Waals surface area contributed by atoms with Gasteiger partial charge in [-0.3, -0.25) is 14.5 Å². The van der Waals surface area contributed by atoms with Crippen LogP contribution in [0.4, 0.5) is 0 Å². The summed E-state index contributed by atoms with van der Waals surface area (Å²) in [5.74, 6) is -0.795. The van der Waals surface area contributed by atoms with E-state index in [2.05, 4.69) is 23.2 Å². The van der Waals surface area contributed by atoms with Crippen molar-refractivity contribution in [1.82, 2.24) is 10.2 Å². The van der Waals surface area contributed by atoms with E-state index in [1.807, 2.05) is 66.7 Å². The largest absolute Gasteiger partial charge is 0.453 e. The first-order valence-electron chi connectivity index (χ1n) is 15.3. The Hall–Kier alpha value is -3.60. The fourth-order valence-electron chi connectivity index (χ4n) is 5.92. The zero-order chi connectivity index (χ0) is 31.2. The number of esters is 1. The van der Waals surface area contributed by atoms with Crippen molar-refractivity contribution in [2.24, 2.45) is 5.92 Å². The Morgan fingerprint density at radius 2 is 1.73 bits per heavy atom. The fraction of sp³-hybridized carbons (Fsp3) is 0.429. The van der Waals surface area contributed by atoms with Crippen LogP contribution in [0.1, 0.15) is 61.8 Å². The zero-order valence-corrected chi connectivity index (χ0v) is 25.5. The van der Waals surface area contributed by atoms with Gasteiger partial charge in [-0.2, -0.15) is 0 Å². The summed E-state index contributed by atoms with van der Waals surface area (Å²) in [6, 6.07) is 23.9. The van der Waals surface area contributed by atoms with Crippen LogP contribution in [0.2, 0.25) is 0 Å². The van der Waals surface area contributed by atoms with Gasteiger partial charge >= 0.3 is 5.97 Å². The van der Waals surface area contributed by atoms with E-state index >= 15 is 0 Å². The molecule has 3 aromatic carbocycles. The van der Waals surface area contributed by atoms with Crippen molar-refractivity contribution in [1.29, 1.82) is 0 Å². The van der Waals surface area contributed by atoms with Crippen LogP contribution in [0, 0.1) is 5.92 Å². The number of likely N-dealkylation sites (tertiary alicyclic amines) is 1. The molecule has 2 heterocycles. The Bertz CT molecular complexity index is 1430. The Labute approximate surface area is 258 Å². The van der Waals surface area contributed by atoms with E-state index in [9.17, 15) is 19.8 Å². The van der Waals surface area contributed by atoms with Gasteiger partial charge in [0.15, 0.2) is 12.4 Å². The highest BCUT2D eigenvalue weighted by molar-refractivity contribution is 5.82. The summed E-state index contributed by atoms with van der Waals surface area (Å²) < 4.78 is 18.3. The molecule has 9 nitrogen and oxygen atoms in total. The standard InChI is InChI=1S/C35H42N2O7/c1-22-32(20-37-15-14-31(40)19-37)43-35(44-33(22)27-12-10-25(21-38)11-13-27)30-9-5-8-29(17-30)28-7-4-6-26(16-28)18-36-34(41)23(2)42-24(3)39/h4-13,16-17,22-23,31-33,35,38,40H,14-15,18-21H2,1-3H3,(H,36,41). The number of aliphatic hydroxyl groups excluding tert-OH is 2. The van der Waals surface area contributed by atoms with Crippen molar-refractivity contribution in [3.05, 3.63) is 95.1 Å². The van der Waals surface area contributed by atoms with Gasteiger partial charge in [0.05, 0.1) is 24.9 Å². The lowest BCUT2D eigenvalue weighted by atomic mass is 9.90. The van der Waals surface area contributed by atoms with Gasteiger partial charge < -0.3 is 29.7 Å². The topological polar surface area (TPSA) is 118 Å². The molecule has 3 aromatic rings. The van der Waals surface area contributed by atoms with Gasteiger partial charge in [0, 0.05) is 44.6 Å². The van der Waals surface area contributed by atoms with E-state index in [0.29, 0.717) is 19.6 Å². The van der Waals surface area contributed by atoms with Crippen LogP contribution in [-0.2, 0) is 37.0 Å². The summed E-state index contributed by atoms with van der Waals surface area (Å²) in [6.45, 7) is 7.43. The van der Waals surface area contributed by atoms with Crippen molar-refractivity contribution in [2.45, 2.75) is 71.0 Å². The highest BCUT2D eigenvalue weighted by Crippen LogP contribution is 2.42. The summed E-state index contributed by atoms with van der Waals surface area (Å²) in [5.41, 5.74) is 5.65. The average molecular weight is 603 g/mol. The lowest BCUT2D eigenvalue weighted by Crippen LogP contribution is -2.44. The van der Waals surface area contributed by atoms with Gasteiger partial charge in [-0.15, -0.1) is 0 Å². The lowest BCUT2D eigenvalue weighted by Gasteiger charge is -2.42. The van der Waals surface area contributed by atoms with Gasteiger partial charge in [-0.05, 0) is 53.3 Å². The molecule has 1 amide bonds. The molecule has 0 aliphatic carbocycles. The predicted octanol–water partition coefficient (Wildman–Crippen LogP) is 4.27. The first kappa shape index (κ1) is 31.8. The summed E-state index contributed by atoms with van der Waals surface area (Å²) in [4.78, 5) is 25.8. The molecule has 3 N–H and O–H groups in total. The summed E-state index contributed by atoms with van der Waals surface area (Å²) >= 11 is 0. The first-order chi connectivity index (χ1) is 21.2. The van der Waals surface area contributed by atoms with Crippen LogP contribution in [0.5, 0.6) is 0 Å². The minimum Gasteiger partial charge on any atom is -0.453 e. The molecule has 5 rings (SSSR count). The third-order valence-corrected chi connectivity index (χ3v) is 8.41. The number of aliphatic hydroxyl groups is 2. The number of hydrogen-bond acceptors (Lipinski definition) is 8. The lowest BCUT2D eigenvalue weighted by molar-refractivity contribution is -0.276. The maximum absolute atomic E-state index is 12.3. The Morgan fingerprint density at radius 3 is 2.41 bits per heavy atom. The van der Waals surface area contributed by atoms with Crippen LogP contribution in [-0.4, -0.2) is 64.9 Å². The molecule has 234 valence electrons. The number of benzene rings is 3. The van der Waals surface area contributed by atoms with Gasteiger partial charge in [0.2, 0.25) is 0 Å². The minimum absolute atomic E-state index is 0.0131. The minimum atomic E-state index is -0.860. The van der Waals surface area contributed by atoms with Crippen molar-refractivity contribution in [2.75, 3.05) is 19.6 Å². The second-order valence-electron chi connectivity index (χ2n) is 11.8. The Kier molecular flexibility index (Phi) is 10.5. The highest BCUT2D eigenvalue weighted by atomic mass is 16.7. The van der Waals surface area contributed by atoms with Crippen molar-refractivity contribution in [3.63, 3.8) is 0 Å². The third-order valence-electron chi connectivity index (χ3n) is 8.41. The van der Waals surface area contributed by atoms with E-state index in [0.717, 1.165) is 46.3 Å². The summed E-state index contributed by atoms with van der Waals surface area (Å²) in [5, 5.41) is 22.5. The van der Waals surface area contributed by atoms with E-state index in [1.165, 1.54) is 6.92 Å². The Morgan fingerprint density at radius 1 is 1.00 bits per heavy atom.